The SMILES string of the molecule is CC(C)c1ccc(F)c(CCCC(=O)c2ccc(C3CCC(N)(CO)C3)n2C)c1. The summed E-state index contributed by atoms with van der Waals surface area (Å²) in [4.78, 5) is 12.7. The van der Waals surface area contributed by atoms with Gasteiger partial charge in [0.05, 0.1) is 12.3 Å². The third-order valence-corrected chi connectivity index (χ3v) is 6.41. The number of benzene rings is 1. The van der Waals surface area contributed by atoms with Gasteiger partial charge in [0.2, 0.25) is 0 Å². The fraction of sp³-hybridized carbons (Fsp3) is 0.542. The Balaban J connectivity index is 1.61. The average Bonchev–Trinajstić information content (AvgIpc) is 3.26. The van der Waals surface area contributed by atoms with Crippen LogP contribution in [0.4, 0.5) is 4.39 Å². The Labute approximate surface area is 172 Å². The van der Waals surface area contributed by atoms with Crippen molar-refractivity contribution >= 4 is 5.78 Å². The number of aliphatic hydroxyl groups is 1. The first-order valence-electron chi connectivity index (χ1n) is 10.6. The van der Waals surface area contributed by atoms with Crippen LogP contribution in [0.1, 0.15) is 85.1 Å². The molecule has 0 spiro atoms. The number of aliphatic hydroxyl groups excluding tert-OH is 1. The molecular weight excluding hydrogens is 367 g/mol. The number of rotatable bonds is 8. The van der Waals surface area contributed by atoms with Crippen molar-refractivity contribution in [3.63, 3.8) is 0 Å². The van der Waals surface area contributed by atoms with E-state index < -0.39 is 5.54 Å². The lowest BCUT2D eigenvalue weighted by molar-refractivity contribution is 0.0972. The monoisotopic (exact) mass is 400 g/mol. The first-order valence-corrected chi connectivity index (χ1v) is 10.6. The van der Waals surface area contributed by atoms with E-state index in [1.54, 1.807) is 0 Å². The van der Waals surface area contributed by atoms with Gasteiger partial charge in [0, 0.05) is 30.6 Å². The molecule has 2 aromatic rings. The molecule has 1 aliphatic carbocycles. The molecule has 5 heteroatoms. The van der Waals surface area contributed by atoms with Gasteiger partial charge in [-0.15, -0.1) is 0 Å². The molecule has 1 aromatic carbocycles. The molecule has 1 heterocycles. The van der Waals surface area contributed by atoms with E-state index in [1.807, 2.05) is 35.9 Å². The number of hydrogen-bond donors (Lipinski definition) is 2. The van der Waals surface area contributed by atoms with E-state index in [-0.39, 0.29) is 24.1 Å². The number of carbonyl (C=O) groups excluding carboxylic acids is 1. The van der Waals surface area contributed by atoms with Gasteiger partial charge in [-0.05, 0) is 67.3 Å². The van der Waals surface area contributed by atoms with Gasteiger partial charge in [-0.25, -0.2) is 4.39 Å². The summed E-state index contributed by atoms with van der Waals surface area (Å²) in [7, 11) is 1.92. The predicted molar refractivity (Wildman–Crippen MR) is 114 cm³/mol. The molecule has 0 amide bonds. The van der Waals surface area contributed by atoms with Crippen LogP contribution in [0, 0.1) is 5.82 Å². The molecule has 158 valence electrons. The average molecular weight is 401 g/mol. The lowest BCUT2D eigenvalue weighted by Gasteiger charge is -2.21. The topological polar surface area (TPSA) is 68.2 Å². The van der Waals surface area contributed by atoms with E-state index in [0.29, 0.717) is 36.4 Å². The Morgan fingerprint density at radius 2 is 2.10 bits per heavy atom. The second-order valence-corrected chi connectivity index (χ2v) is 8.94. The first kappa shape index (κ1) is 21.7. The number of carbonyl (C=O) groups is 1. The van der Waals surface area contributed by atoms with E-state index in [4.69, 9.17) is 5.73 Å². The van der Waals surface area contributed by atoms with Crippen LogP contribution < -0.4 is 5.73 Å². The van der Waals surface area contributed by atoms with Crippen LogP contribution in [0.5, 0.6) is 0 Å². The third kappa shape index (κ3) is 4.78. The Morgan fingerprint density at radius 3 is 2.76 bits per heavy atom. The van der Waals surface area contributed by atoms with Crippen molar-refractivity contribution in [3.8, 4) is 0 Å². The third-order valence-electron chi connectivity index (χ3n) is 6.41. The van der Waals surface area contributed by atoms with E-state index in [9.17, 15) is 14.3 Å². The van der Waals surface area contributed by atoms with E-state index in [0.717, 1.165) is 30.5 Å². The Kier molecular flexibility index (Phi) is 6.59. The Morgan fingerprint density at radius 1 is 1.34 bits per heavy atom. The minimum absolute atomic E-state index is 0.00568. The van der Waals surface area contributed by atoms with Gasteiger partial charge >= 0.3 is 0 Å². The maximum atomic E-state index is 14.1. The summed E-state index contributed by atoms with van der Waals surface area (Å²) in [6.07, 6.45) is 4.03. The standard InChI is InChI=1S/C24H33FN2O2/c1-16(2)17-7-8-20(25)18(13-17)5-4-6-23(29)22-10-9-21(27(22)3)19-11-12-24(26,14-19)15-28/h7-10,13,16,19,28H,4-6,11-12,14-15,26H2,1-3H3. The molecule has 4 nitrogen and oxygen atoms in total. The number of nitrogens with two attached hydrogens (primary N) is 1. The number of halogens is 1. The number of Topliss-reactive ketones (excluding diaryl/α,β-unsaturated/α-hetero) is 1. The molecule has 29 heavy (non-hydrogen) atoms. The number of aryl methyl sites for hydroxylation is 1. The summed E-state index contributed by atoms with van der Waals surface area (Å²) < 4.78 is 16.1. The second-order valence-electron chi connectivity index (χ2n) is 8.94. The molecule has 2 unspecified atom stereocenters. The molecule has 0 saturated heterocycles. The molecular formula is C24H33FN2O2. The van der Waals surface area contributed by atoms with Crippen LogP contribution in [0.2, 0.25) is 0 Å². The van der Waals surface area contributed by atoms with Crippen LogP contribution in [0.25, 0.3) is 0 Å². The van der Waals surface area contributed by atoms with Crippen LogP contribution in [0.15, 0.2) is 30.3 Å². The lowest BCUT2D eigenvalue weighted by atomic mass is 9.97. The summed E-state index contributed by atoms with van der Waals surface area (Å²) in [5.74, 6) is 0.509. The van der Waals surface area contributed by atoms with Crippen LogP contribution in [-0.4, -0.2) is 27.6 Å². The van der Waals surface area contributed by atoms with Crippen LogP contribution >= 0.6 is 0 Å². The van der Waals surface area contributed by atoms with Crippen LogP contribution in [0.3, 0.4) is 0 Å². The summed E-state index contributed by atoms with van der Waals surface area (Å²) in [5, 5.41) is 9.50. The molecule has 1 saturated carbocycles. The minimum Gasteiger partial charge on any atom is -0.394 e. The molecule has 3 rings (SSSR count). The highest BCUT2D eigenvalue weighted by Gasteiger charge is 2.37. The zero-order chi connectivity index (χ0) is 21.2. The van der Waals surface area contributed by atoms with Gasteiger partial charge < -0.3 is 15.4 Å². The van der Waals surface area contributed by atoms with Crippen molar-refractivity contribution in [2.24, 2.45) is 12.8 Å². The fourth-order valence-electron chi connectivity index (χ4n) is 4.48. The van der Waals surface area contributed by atoms with Gasteiger partial charge in [0.1, 0.15) is 5.82 Å². The maximum absolute atomic E-state index is 14.1. The van der Waals surface area contributed by atoms with Gasteiger partial charge in [-0.3, -0.25) is 4.79 Å². The molecule has 1 aliphatic rings. The normalized spacial score (nSPS) is 21.8. The first-order chi connectivity index (χ1) is 13.7. The zero-order valence-electron chi connectivity index (χ0n) is 17.7. The van der Waals surface area contributed by atoms with Crippen molar-refractivity contribution in [3.05, 3.63) is 58.7 Å². The molecule has 0 bridgehead atoms. The molecule has 3 N–H and O–H groups in total. The van der Waals surface area contributed by atoms with E-state index in [2.05, 4.69) is 13.8 Å². The summed E-state index contributed by atoms with van der Waals surface area (Å²) in [6, 6.07) is 9.17. The Hall–Kier alpha value is -1.98. The van der Waals surface area contributed by atoms with Crippen molar-refractivity contribution in [1.82, 2.24) is 4.57 Å². The number of nitrogens with zero attached hydrogens (tertiary/aromatic N) is 1. The molecule has 0 radical (unpaired) electrons. The summed E-state index contributed by atoms with van der Waals surface area (Å²) in [6.45, 7) is 4.18. The fourth-order valence-corrected chi connectivity index (χ4v) is 4.48. The molecule has 0 aliphatic heterocycles. The van der Waals surface area contributed by atoms with E-state index in [1.165, 1.54) is 6.07 Å². The lowest BCUT2D eigenvalue weighted by Crippen LogP contribution is -2.40. The van der Waals surface area contributed by atoms with Gasteiger partial charge in [0.15, 0.2) is 5.78 Å². The Bertz CT molecular complexity index is 874. The molecule has 1 aromatic heterocycles. The summed E-state index contributed by atoms with van der Waals surface area (Å²) >= 11 is 0. The maximum Gasteiger partial charge on any atom is 0.179 e. The number of aromatic nitrogens is 1. The molecule has 1 fully saturated rings. The number of ketones is 1. The van der Waals surface area contributed by atoms with Crippen molar-refractivity contribution in [2.45, 2.75) is 69.7 Å². The van der Waals surface area contributed by atoms with E-state index >= 15 is 0 Å². The van der Waals surface area contributed by atoms with Crippen molar-refractivity contribution < 1.29 is 14.3 Å². The highest BCUT2D eigenvalue weighted by Crippen LogP contribution is 2.39. The summed E-state index contributed by atoms with van der Waals surface area (Å²) in [5.41, 5.74) is 9.30. The minimum atomic E-state index is -0.506. The highest BCUT2D eigenvalue weighted by atomic mass is 19.1. The largest absolute Gasteiger partial charge is 0.394 e. The molecule has 2 atom stereocenters. The van der Waals surface area contributed by atoms with Gasteiger partial charge in [-0.2, -0.15) is 0 Å². The zero-order valence-corrected chi connectivity index (χ0v) is 17.7. The quantitative estimate of drug-likeness (QED) is 0.643. The second kappa shape index (κ2) is 8.80. The number of hydrogen-bond acceptors (Lipinski definition) is 3. The predicted octanol–water partition coefficient (Wildman–Crippen LogP) is 4.45. The van der Waals surface area contributed by atoms with Crippen LogP contribution in [-0.2, 0) is 13.5 Å². The van der Waals surface area contributed by atoms with Gasteiger partial charge in [0.25, 0.3) is 0 Å². The smallest absolute Gasteiger partial charge is 0.179 e. The van der Waals surface area contributed by atoms with Gasteiger partial charge in [-0.1, -0.05) is 26.0 Å². The van der Waals surface area contributed by atoms with Crippen molar-refractivity contribution in [2.75, 3.05) is 6.61 Å². The highest BCUT2D eigenvalue weighted by molar-refractivity contribution is 5.94. The van der Waals surface area contributed by atoms with Crippen molar-refractivity contribution in [1.29, 1.82) is 0 Å².